The highest BCUT2D eigenvalue weighted by atomic mass is 32.2. The second-order valence-electron chi connectivity index (χ2n) is 3.93. The highest BCUT2D eigenvalue weighted by Crippen LogP contribution is 2.31. The zero-order chi connectivity index (χ0) is 14.5. The molecule has 0 saturated carbocycles. The van der Waals surface area contributed by atoms with Crippen molar-refractivity contribution in [2.45, 2.75) is 12.6 Å². The van der Waals surface area contributed by atoms with E-state index >= 15 is 0 Å². The molecule has 0 heterocycles. The van der Waals surface area contributed by atoms with Crippen molar-refractivity contribution < 1.29 is 17.4 Å². The molecule has 0 aliphatic carbocycles. The van der Waals surface area contributed by atoms with Gasteiger partial charge in [0.05, 0.1) is 16.8 Å². The zero-order valence-corrected chi connectivity index (χ0v) is 11.1. The van der Waals surface area contributed by atoms with E-state index in [1.54, 1.807) is 12.3 Å². The van der Waals surface area contributed by atoms with Crippen molar-refractivity contribution in [3.05, 3.63) is 29.3 Å². The lowest BCUT2D eigenvalue weighted by atomic mass is 10.1. The Morgan fingerprint density at radius 3 is 2.63 bits per heavy atom. The van der Waals surface area contributed by atoms with Crippen LogP contribution < -0.4 is 5.32 Å². The summed E-state index contributed by atoms with van der Waals surface area (Å²) >= 11 is 0. The number of anilines is 1. The number of nitrogens with zero attached hydrogens (tertiary/aromatic N) is 1. The van der Waals surface area contributed by atoms with Crippen LogP contribution in [0.25, 0.3) is 0 Å². The van der Waals surface area contributed by atoms with Crippen molar-refractivity contribution in [2.75, 3.05) is 23.9 Å². The lowest BCUT2D eigenvalue weighted by Gasteiger charge is -2.11. The summed E-state index contributed by atoms with van der Waals surface area (Å²) in [5, 5.41) is 11.7. The van der Waals surface area contributed by atoms with Crippen LogP contribution in [0.2, 0.25) is 0 Å². The fraction of sp³-hybridized carbons (Fsp3) is 0.417. The summed E-state index contributed by atoms with van der Waals surface area (Å²) < 4.78 is 48.2. The van der Waals surface area contributed by atoms with Crippen molar-refractivity contribution >= 4 is 16.5 Å². The molecule has 19 heavy (non-hydrogen) atoms. The van der Waals surface area contributed by atoms with Gasteiger partial charge < -0.3 is 5.32 Å². The predicted molar refractivity (Wildman–Crippen MR) is 68.2 cm³/mol. The number of nitrogens with one attached hydrogen (secondary N) is 1. The Balaban J connectivity index is 2.75. The van der Waals surface area contributed by atoms with E-state index in [4.69, 9.17) is 5.26 Å². The van der Waals surface area contributed by atoms with Gasteiger partial charge in [0.15, 0.2) is 0 Å². The minimum Gasteiger partial charge on any atom is -0.384 e. The molecule has 7 heteroatoms. The van der Waals surface area contributed by atoms with Gasteiger partial charge >= 0.3 is 6.18 Å². The van der Waals surface area contributed by atoms with Gasteiger partial charge in [-0.15, -0.1) is 0 Å². The molecule has 1 N–H and O–H groups in total. The Morgan fingerprint density at radius 1 is 1.42 bits per heavy atom. The molecule has 0 fully saturated rings. The summed E-state index contributed by atoms with van der Waals surface area (Å²) in [7, 11) is -0.900. The Hall–Kier alpha value is -1.55. The minimum atomic E-state index is -4.46. The maximum Gasteiger partial charge on any atom is 0.416 e. The third kappa shape index (κ3) is 4.91. The standard InChI is InChI=1S/C12H13F3N2OS/c1-19(18)6-2-5-17-11-4-3-10(12(13,14)15)7-9(11)8-16/h3-4,7,17H,2,5-6H2,1H3. The molecule has 0 aliphatic rings. The number of hydrogen-bond acceptors (Lipinski definition) is 3. The van der Waals surface area contributed by atoms with Crippen LogP contribution in [0.15, 0.2) is 18.2 Å². The molecule has 0 aromatic heterocycles. The molecule has 0 amide bonds. The molecule has 0 spiro atoms. The van der Waals surface area contributed by atoms with Crippen LogP contribution in [-0.4, -0.2) is 22.8 Å². The van der Waals surface area contributed by atoms with Crippen LogP contribution in [0.3, 0.4) is 0 Å². The molecule has 3 nitrogen and oxygen atoms in total. The second-order valence-corrected chi connectivity index (χ2v) is 5.48. The smallest absolute Gasteiger partial charge is 0.384 e. The van der Waals surface area contributed by atoms with E-state index in [0.29, 0.717) is 24.4 Å². The molecule has 0 saturated heterocycles. The Kier molecular flexibility index (Phi) is 5.36. The lowest BCUT2D eigenvalue weighted by molar-refractivity contribution is -0.137. The first-order chi connectivity index (χ1) is 8.84. The van der Waals surface area contributed by atoms with Crippen LogP contribution in [-0.2, 0) is 17.0 Å². The summed E-state index contributed by atoms with van der Waals surface area (Å²) in [6, 6.07) is 4.73. The molecule has 0 aliphatic heterocycles. The van der Waals surface area contributed by atoms with Crippen molar-refractivity contribution in [3.63, 3.8) is 0 Å². The number of halogens is 3. The SMILES string of the molecule is CS(=O)CCCNc1ccc(C(F)(F)F)cc1C#N. The highest BCUT2D eigenvalue weighted by molar-refractivity contribution is 7.84. The van der Waals surface area contributed by atoms with E-state index in [0.717, 1.165) is 12.1 Å². The van der Waals surface area contributed by atoms with Crippen LogP contribution >= 0.6 is 0 Å². The second kappa shape index (κ2) is 6.57. The topological polar surface area (TPSA) is 52.9 Å². The zero-order valence-electron chi connectivity index (χ0n) is 10.3. The van der Waals surface area contributed by atoms with Crippen molar-refractivity contribution in [3.8, 4) is 6.07 Å². The maximum absolute atomic E-state index is 12.5. The van der Waals surface area contributed by atoms with Gasteiger partial charge in [-0.1, -0.05) is 0 Å². The van der Waals surface area contributed by atoms with E-state index in [-0.39, 0.29) is 5.56 Å². The van der Waals surface area contributed by atoms with E-state index in [1.807, 2.05) is 0 Å². The molecular weight excluding hydrogens is 277 g/mol. The molecule has 1 aromatic rings. The predicted octanol–water partition coefficient (Wildman–Crippen LogP) is 2.76. The van der Waals surface area contributed by atoms with Gasteiger partial charge in [-0.05, 0) is 24.6 Å². The number of alkyl halides is 3. The van der Waals surface area contributed by atoms with Gasteiger partial charge in [0.1, 0.15) is 6.07 Å². The van der Waals surface area contributed by atoms with Crippen molar-refractivity contribution in [1.29, 1.82) is 5.26 Å². The Morgan fingerprint density at radius 2 is 2.11 bits per heavy atom. The monoisotopic (exact) mass is 290 g/mol. The molecule has 1 rings (SSSR count). The van der Waals surface area contributed by atoms with Gasteiger partial charge in [-0.2, -0.15) is 18.4 Å². The van der Waals surface area contributed by atoms with Gasteiger partial charge in [-0.25, -0.2) is 0 Å². The molecule has 1 unspecified atom stereocenters. The van der Waals surface area contributed by atoms with Gasteiger partial charge in [0.25, 0.3) is 0 Å². The molecular formula is C12H13F3N2OS. The summed E-state index contributed by atoms with van der Waals surface area (Å²) in [4.78, 5) is 0. The molecule has 1 aromatic carbocycles. The molecule has 0 bridgehead atoms. The van der Waals surface area contributed by atoms with E-state index in [9.17, 15) is 17.4 Å². The normalized spacial score (nSPS) is 12.8. The summed E-state index contributed by atoms with van der Waals surface area (Å²) in [6.07, 6.45) is -2.25. The number of hydrogen-bond donors (Lipinski definition) is 1. The fourth-order valence-corrected chi connectivity index (χ4v) is 2.02. The third-order valence-electron chi connectivity index (χ3n) is 2.39. The highest BCUT2D eigenvalue weighted by Gasteiger charge is 2.30. The molecule has 1 atom stereocenters. The van der Waals surface area contributed by atoms with Crippen molar-refractivity contribution in [1.82, 2.24) is 0 Å². The molecule has 104 valence electrons. The van der Waals surface area contributed by atoms with E-state index < -0.39 is 22.5 Å². The maximum atomic E-state index is 12.5. The average Bonchev–Trinajstić information content (AvgIpc) is 2.33. The van der Waals surface area contributed by atoms with Gasteiger partial charge in [0, 0.05) is 29.4 Å². The summed E-state index contributed by atoms with van der Waals surface area (Å²) in [5.74, 6) is 0.509. The third-order valence-corrected chi connectivity index (χ3v) is 3.25. The summed E-state index contributed by atoms with van der Waals surface area (Å²) in [5.41, 5.74) is -0.533. The van der Waals surface area contributed by atoms with Crippen LogP contribution in [0.5, 0.6) is 0 Å². The number of benzene rings is 1. The fourth-order valence-electron chi connectivity index (χ4n) is 1.47. The minimum absolute atomic E-state index is 0.0487. The van der Waals surface area contributed by atoms with Gasteiger partial charge in [-0.3, -0.25) is 4.21 Å². The van der Waals surface area contributed by atoms with E-state index in [2.05, 4.69) is 5.32 Å². The Labute approximate surface area is 111 Å². The number of rotatable bonds is 5. The first kappa shape index (κ1) is 15.5. The number of nitriles is 1. The van der Waals surface area contributed by atoms with Crippen LogP contribution in [0.1, 0.15) is 17.5 Å². The molecule has 0 radical (unpaired) electrons. The van der Waals surface area contributed by atoms with Crippen molar-refractivity contribution in [2.24, 2.45) is 0 Å². The van der Waals surface area contributed by atoms with Gasteiger partial charge in [0.2, 0.25) is 0 Å². The van der Waals surface area contributed by atoms with Crippen LogP contribution in [0, 0.1) is 11.3 Å². The van der Waals surface area contributed by atoms with E-state index in [1.165, 1.54) is 6.07 Å². The quantitative estimate of drug-likeness (QED) is 0.848. The largest absolute Gasteiger partial charge is 0.416 e. The Bertz CT molecular complexity index is 509. The first-order valence-electron chi connectivity index (χ1n) is 5.50. The lowest BCUT2D eigenvalue weighted by Crippen LogP contribution is -2.09. The average molecular weight is 290 g/mol. The summed E-state index contributed by atoms with van der Waals surface area (Å²) in [6.45, 7) is 0.458. The first-order valence-corrected chi connectivity index (χ1v) is 7.22. The van der Waals surface area contributed by atoms with Crippen LogP contribution in [0.4, 0.5) is 18.9 Å².